The number of nitrogens with zero attached hydrogens (tertiary/aromatic N) is 1. The molecule has 0 saturated carbocycles. The maximum absolute atomic E-state index is 12.9. The van der Waals surface area contributed by atoms with E-state index in [0.717, 1.165) is 30.6 Å². The van der Waals surface area contributed by atoms with Crippen LogP contribution >= 0.6 is 11.8 Å². The van der Waals surface area contributed by atoms with Crippen LogP contribution in [-0.2, 0) is 20.9 Å². The predicted molar refractivity (Wildman–Crippen MR) is 104 cm³/mol. The molecule has 1 fully saturated rings. The third-order valence-corrected chi connectivity index (χ3v) is 5.40. The molecule has 0 aliphatic carbocycles. The monoisotopic (exact) mass is 379 g/mol. The second kappa shape index (κ2) is 10.5. The molecule has 0 spiro atoms. The van der Waals surface area contributed by atoms with E-state index in [-0.39, 0.29) is 12.6 Å². The van der Waals surface area contributed by atoms with Gasteiger partial charge in [-0.3, -0.25) is 4.90 Å². The maximum Gasteiger partial charge on any atom is 0.411 e. The van der Waals surface area contributed by atoms with Crippen molar-refractivity contribution in [1.29, 1.82) is 0 Å². The van der Waals surface area contributed by atoms with E-state index in [1.807, 2.05) is 36.6 Å². The highest BCUT2D eigenvalue weighted by atomic mass is 32.2. The molecule has 26 heavy (non-hydrogen) atoms. The highest BCUT2D eigenvalue weighted by Crippen LogP contribution is 2.34. The van der Waals surface area contributed by atoms with Crippen LogP contribution < -0.4 is 0 Å². The average molecular weight is 380 g/mol. The van der Waals surface area contributed by atoms with Gasteiger partial charge in [0, 0.05) is 6.54 Å². The summed E-state index contributed by atoms with van der Waals surface area (Å²) in [5.74, 6) is 0.494. The zero-order valence-electron chi connectivity index (χ0n) is 15.7. The number of thioether (sulfide) groups is 1. The molecule has 0 unspecified atom stereocenters. The number of carbonyl (C=O) groups is 2. The molecular weight excluding hydrogens is 350 g/mol. The molecule has 0 radical (unpaired) electrons. The summed E-state index contributed by atoms with van der Waals surface area (Å²) in [4.78, 5) is 27.4. The Morgan fingerprint density at radius 2 is 1.92 bits per heavy atom. The van der Waals surface area contributed by atoms with Gasteiger partial charge in [-0.1, -0.05) is 43.2 Å². The highest BCUT2D eigenvalue weighted by Gasteiger charge is 2.48. The van der Waals surface area contributed by atoms with Crippen LogP contribution in [-0.4, -0.2) is 47.7 Å². The number of hydrogen-bond donors (Lipinski definition) is 0. The van der Waals surface area contributed by atoms with E-state index in [4.69, 9.17) is 9.47 Å². The van der Waals surface area contributed by atoms with Gasteiger partial charge in [0.2, 0.25) is 0 Å². The second-order valence-electron chi connectivity index (χ2n) is 6.50. The van der Waals surface area contributed by atoms with Gasteiger partial charge in [0.15, 0.2) is 0 Å². The summed E-state index contributed by atoms with van der Waals surface area (Å²) in [5.41, 5.74) is 0.0186. The van der Waals surface area contributed by atoms with Crippen molar-refractivity contribution in [3.8, 4) is 0 Å². The molecule has 1 saturated heterocycles. The van der Waals surface area contributed by atoms with Gasteiger partial charge in [0.25, 0.3) is 0 Å². The van der Waals surface area contributed by atoms with Gasteiger partial charge in [-0.05, 0) is 43.8 Å². The molecule has 1 aliphatic rings. The topological polar surface area (TPSA) is 55.8 Å². The van der Waals surface area contributed by atoms with Crippen LogP contribution in [0, 0.1) is 0 Å². The smallest absolute Gasteiger partial charge is 0.411 e. The Morgan fingerprint density at radius 3 is 2.62 bits per heavy atom. The SMILES string of the molecule is CCOC(=O)[C@@]1(CCSC)CCCCCN1C(=O)OCc1ccccc1. The minimum atomic E-state index is -0.913. The number of hydrogen-bond acceptors (Lipinski definition) is 5. The normalized spacial score (nSPS) is 20.3. The van der Waals surface area contributed by atoms with Crippen molar-refractivity contribution >= 4 is 23.8 Å². The molecule has 144 valence electrons. The van der Waals surface area contributed by atoms with E-state index in [1.54, 1.807) is 23.6 Å². The lowest BCUT2D eigenvalue weighted by Crippen LogP contribution is -2.58. The minimum absolute atomic E-state index is 0.206. The predicted octanol–water partition coefficient (Wildman–Crippen LogP) is 4.25. The van der Waals surface area contributed by atoms with Gasteiger partial charge in [-0.15, -0.1) is 0 Å². The van der Waals surface area contributed by atoms with Crippen LogP contribution in [0.15, 0.2) is 30.3 Å². The fraction of sp³-hybridized carbons (Fsp3) is 0.600. The Labute approximate surface area is 160 Å². The van der Waals surface area contributed by atoms with Crippen molar-refractivity contribution in [3.63, 3.8) is 0 Å². The molecule has 0 N–H and O–H groups in total. The Hall–Kier alpha value is -1.69. The Kier molecular flexibility index (Phi) is 8.29. The number of esters is 1. The van der Waals surface area contributed by atoms with Gasteiger partial charge >= 0.3 is 12.1 Å². The van der Waals surface area contributed by atoms with Gasteiger partial charge in [0.1, 0.15) is 12.1 Å². The first-order valence-electron chi connectivity index (χ1n) is 9.28. The summed E-state index contributed by atoms with van der Waals surface area (Å²) in [6.45, 7) is 2.85. The van der Waals surface area contributed by atoms with Gasteiger partial charge in [-0.25, -0.2) is 9.59 Å². The zero-order chi connectivity index (χ0) is 18.8. The molecular formula is C20H29NO4S. The molecule has 2 rings (SSSR count). The summed E-state index contributed by atoms with van der Waals surface area (Å²) in [5, 5.41) is 0. The van der Waals surface area contributed by atoms with Crippen molar-refractivity contribution in [2.45, 2.75) is 51.2 Å². The standard InChI is InChI=1S/C20H29NO4S/c1-3-24-18(22)20(13-15-26-2)12-8-5-9-14-21(20)19(23)25-16-17-10-6-4-7-11-17/h4,6-7,10-11H,3,5,8-9,12-16H2,1-2H3/t20-/m0/s1. The van der Waals surface area contributed by atoms with Crippen LogP contribution in [0.1, 0.15) is 44.6 Å². The number of benzene rings is 1. The van der Waals surface area contributed by atoms with E-state index in [1.165, 1.54) is 0 Å². The van der Waals surface area contributed by atoms with E-state index in [0.29, 0.717) is 26.0 Å². The minimum Gasteiger partial charge on any atom is -0.464 e. The third kappa shape index (κ3) is 5.16. The molecule has 1 amide bonds. The van der Waals surface area contributed by atoms with E-state index in [2.05, 4.69) is 0 Å². The molecule has 5 nitrogen and oxygen atoms in total. The van der Waals surface area contributed by atoms with Gasteiger partial charge < -0.3 is 9.47 Å². The summed E-state index contributed by atoms with van der Waals surface area (Å²) in [7, 11) is 0. The van der Waals surface area contributed by atoms with Crippen molar-refractivity contribution in [2.24, 2.45) is 0 Å². The largest absolute Gasteiger partial charge is 0.464 e. The first-order chi connectivity index (χ1) is 12.6. The third-order valence-electron chi connectivity index (χ3n) is 4.79. The lowest BCUT2D eigenvalue weighted by molar-refractivity contribution is -0.157. The first kappa shape index (κ1) is 20.6. The van der Waals surface area contributed by atoms with Crippen LogP contribution in [0.4, 0.5) is 4.79 Å². The van der Waals surface area contributed by atoms with E-state index >= 15 is 0 Å². The zero-order valence-corrected chi connectivity index (χ0v) is 16.6. The molecule has 0 aromatic heterocycles. The molecule has 0 bridgehead atoms. The highest BCUT2D eigenvalue weighted by molar-refractivity contribution is 7.98. The van der Waals surface area contributed by atoms with E-state index < -0.39 is 11.6 Å². The second-order valence-corrected chi connectivity index (χ2v) is 7.48. The van der Waals surface area contributed by atoms with Crippen LogP contribution in [0.3, 0.4) is 0 Å². The average Bonchev–Trinajstić information content (AvgIpc) is 2.89. The van der Waals surface area contributed by atoms with Crippen molar-refractivity contribution in [3.05, 3.63) is 35.9 Å². The summed E-state index contributed by atoms with van der Waals surface area (Å²) in [6.07, 6.45) is 5.60. The first-order valence-corrected chi connectivity index (χ1v) is 10.7. The van der Waals surface area contributed by atoms with Crippen LogP contribution in [0.2, 0.25) is 0 Å². The number of likely N-dealkylation sites (tertiary alicyclic amines) is 1. The number of ether oxygens (including phenoxy) is 2. The fourth-order valence-corrected chi connectivity index (χ4v) is 3.93. The number of carbonyl (C=O) groups excluding carboxylic acids is 2. The summed E-state index contributed by atoms with van der Waals surface area (Å²) >= 11 is 1.67. The lowest BCUT2D eigenvalue weighted by atomic mass is 9.89. The van der Waals surface area contributed by atoms with E-state index in [9.17, 15) is 9.59 Å². The van der Waals surface area contributed by atoms with Crippen molar-refractivity contribution < 1.29 is 19.1 Å². The molecule has 1 atom stereocenters. The van der Waals surface area contributed by atoms with Gasteiger partial charge in [0.05, 0.1) is 6.61 Å². The molecule has 1 aliphatic heterocycles. The Bertz CT molecular complexity index is 580. The maximum atomic E-state index is 12.9. The summed E-state index contributed by atoms with van der Waals surface area (Å²) in [6, 6.07) is 9.59. The summed E-state index contributed by atoms with van der Waals surface area (Å²) < 4.78 is 10.9. The lowest BCUT2D eigenvalue weighted by Gasteiger charge is -2.40. The van der Waals surface area contributed by atoms with Crippen molar-refractivity contribution in [1.82, 2.24) is 4.90 Å². The quantitative estimate of drug-likeness (QED) is 0.663. The van der Waals surface area contributed by atoms with Crippen LogP contribution in [0.25, 0.3) is 0 Å². The van der Waals surface area contributed by atoms with Gasteiger partial charge in [-0.2, -0.15) is 11.8 Å². The van der Waals surface area contributed by atoms with Crippen molar-refractivity contribution in [2.75, 3.05) is 25.2 Å². The fourth-order valence-electron chi connectivity index (χ4n) is 3.39. The Balaban J connectivity index is 2.20. The Morgan fingerprint density at radius 1 is 1.15 bits per heavy atom. The number of rotatable bonds is 7. The molecule has 1 heterocycles. The van der Waals surface area contributed by atoms with Crippen LogP contribution in [0.5, 0.6) is 0 Å². The molecule has 6 heteroatoms. The molecule has 1 aromatic rings. The number of amides is 1. The molecule has 1 aromatic carbocycles.